The summed E-state index contributed by atoms with van der Waals surface area (Å²) < 4.78 is 0. The van der Waals surface area contributed by atoms with Gasteiger partial charge in [-0.15, -0.1) is 0 Å². The van der Waals surface area contributed by atoms with Crippen molar-refractivity contribution in [2.45, 2.75) is 6.92 Å². The quantitative estimate of drug-likeness (QED) is 0.852. The number of halogens is 1. The average molecular weight is 275 g/mol. The Hall–Kier alpha value is -2.00. The lowest BCUT2D eigenvalue weighted by Gasteiger charge is -2.18. The Morgan fingerprint density at radius 2 is 1.95 bits per heavy atom. The van der Waals surface area contributed by atoms with Crippen molar-refractivity contribution < 1.29 is 4.79 Å². The van der Waals surface area contributed by atoms with Crippen molar-refractivity contribution in [3.63, 3.8) is 0 Å². The molecule has 0 bridgehead atoms. The SMILES string of the molecule is Cc1ccc(C(=O)N(C)c2cccc(N)c2)cc1Cl. The topological polar surface area (TPSA) is 46.3 Å². The van der Waals surface area contributed by atoms with Crippen molar-refractivity contribution in [3.8, 4) is 0 Å². The van der Waals surface area contributed by atoms with E-state index in [0.29, 0.717) is 16.3 Å². The van der Waals surface area contributed by atoms with Crippen molar-refractivity contribution in [2.75, 3.05) is 17.7 Å². The molecule has 2 rings (SSSR count). The summed E-state index contributed by atoms with van der Waals surface area (Å²) >= 11 is 6.04. The van der Waals surface area contributed by atoms with Crippen LogP contribution in [0.15, 0.2) is 42.5 Å². The Morgan fingerprint density at radius 1 is 1.21 bits per heavy atom. The summed E-state index contributed by atoms with van der Waals surface area (Å²) in [5.74, 6) is -0.118. The molecule has 2 N–H and O–H groups in total. The van der Waals surface area contributed by atoms with E-state index in [1.165, 1.54) is 0 Å². The van der Waals surface area contributed by atoms with Crippen LogP contribution in [0.1, 0.15) is 15.9 Å². The van der Waals surface area contributed by atoms with Gasteiger partial charge < -0.3 is 10.6 Å². The Bertz CT molecular complexity index is 625. The zero-order chi connectivity index (χ0) is 14.0. The molecule has 98 valence electrons. The number of nitrogens with zero attached hydrogens (tertiary/aromatic N) is 1. The number of carbonyl (C=O) groups excluding carboxylic acids is 1. The smallest absolute Gasteiger partial charge is 0.258 e. The lowest BCUT2D eigenvalue weighted by molar-refractivity contribution is 0.0993. The van der Waals surface area contributed by atoms with Crippen LogP contribution in [0.4, 0.5) is 11.4 Å². The van der Waals surface area contributed by atoms with E-state index in [1.54, 1.807) is 36.2 Å². The number of nitrogens with two attached hydrogens (primary N) is 1. The second-order valence-electron chi connectivity index (χ2n) is 4.42. The molecule has 0 fully saturated rings. The molecule has 4 heteroatoms. The average Bonchev–Trinajstić information content (AvgIpc) is 2.40. The molecule has 3 nitrogen and oxygen atoms in total. The van der Waals surface area contributed by atoms with Crippen molar-refractivity contribution >= 4 is 28.9 Å². The first kappa shape index (κ1) is 13.4. The van der Waals surface area contributed by atoms with Crippen LogP contribution in [0.25, 0.3) is 0 Å². The molecule has 19 heavy (non-hydrogen) atoms. The number of aryl methyl sites for hydroxylation is 1. The maximum absolute atomic E-state index is 12.3. The van der Waals surface area contributed by atoms with E-state index in [9.17, 15) is 4.79 Å². The predicted octanol–water partition coefficient (Wildman–Crippen LogP) is 3.51. The lowest BCUT2D eigenvalue weighted by Crippen LogP contribution is -2.26. The largest absolute Gasteiger partial charge is 0.399 e. The molecule has 0 aliphatic heterocycles. The van der Waals surface area contributed by atoms with E-state index < -0.39 is 0 Å². The fraction of sp³-hybridized carbons (Fsp3) is 0.133. The van der Waals surface area contributed by atoms with Gasteiger partial charge in [-0.2, -0.15) is 0 Å². The number of amides is 1. The molecule has 0 unspecified atom stereocenters. The highest BCUT2D eigenvalue weighted by molar-refractivity contribution is 6.31. The highest BCUT2D eigenvalue weighted by Crippen LogP contribution is 2.21. The zero-order valence-corrected chi connectivity index (χ0v) is 11.6. The molecule has 2 aromatic rings. The molecule has 0 aliphatic carbocycles. The van der Waals surface area contributed by atoms with Crippen LogP contribution in [0.5, 0.6) is 0 Å². The van der Waals surface area contributed by atoms with E-state index in [2.05, 4.69) is 0 Å². The van der Waals surface area contributed by atoms with Crippen LogP contribution in [0.3, 0.4) is 0 Å². The Morgan fingerprint density at radius 3 is 2.58 bits per heavy atom. The van der Waals surface area contributed by atoms with Gasteiger partial charge in [-0.1, -0.05) is 23.7 Å². The third kappa shape index (κ3) is 2.88. The van der Waals surface area contributed by atoms with Gasteiger partial charge in [0.15, 0.2) is 0 Å². The first-order chi connectivity index (χ1) is 8.99. The number of rotatable bonds is 2. The maximum atomic E-state index is 12.3. The van der Waals surface area contributed by atoms with Gasteiger partial charge in [0.25, 0.3) is 5.91 Å². The number of carbonyl (C=O) groups is 1. The second-order valence-corrected chi connectivity index (χ2v) is 4.83. The Balaban J connectivity index is 2.30. The monoisotopic (exact) mass is 274 g/mol. The molecule has 1 amide bonds. The van der Waals surface area contributed by atoms with Crippen LogP contribution in [0, 0.1) is 6.92 Å². The summed E-state index contributed by atoms with van der Waals surface area (Å²) in [5.41, 5.74) is 8.60. The third-order valence-electron chi connectivity index (χ3n) is 2.98. The predicted molar refractivity (Wildman–Crippen MR) is 79.8 cm³/mol. The lowest BCUT2D eigenvalue weighted by atomic mass is 10.1. The van der Waals surface area contributed by atoms with Crippen LogP contribution in [-0.2, 0) is 0 Å². The first-order valence-corrected chi connectivity index (χ1v) is 6.26. The minimum atomic E-state index is -0.118. The van der Waals surface area contributed by atoms with Crippen LogP contribution < -0.4 is 10.6 Å². The standard InChI is InChI=1S/C15H15ClN2O/c1-10-6-7-11(8-14(10)16)15(19)18(2)13-5-3-4-12(17)9-13/h3-9H,17H2,1-2H3. The molecule has 0 saturated heterocycles. The molecule has 0 radical (unpaired) electrons. The summed E-state index contributed by atoms with van der Waals surface area (Å²) in [5, 5.41) is 0.590. The summed E-state index contributed by atoms with van der Waals surface area (Å²) in [6.45, 7) is 1.90. The third-order valence-corrected chi connectivity index (χ3v) is 3.39. The van der Waals surface area contributed by atoms with Crippen LogP contribution >= 0.6 is 11.6 Å². The van der Waals surface area contributed by atoms with Gasteiger partial charge in [-0.3, -0.25) is 4.79 Å². The van der Waals surface area contributed by atoms with E-state index in [0.717, 1.165) is 11.3 Å². The van der Waals surface area contributed by atoms with Gasteiger partial charge in [0.2, 0.25) is 0 Å². The zero-order valence-electron chi connectivity index (χ0n) is 10.9. The number of benzene rings is 2. The number of hydrogen-bond donors (Lipinski definition) is 1. The van der Waals surface area contributed by atoms with Crippen molar-refractivity contribution in [3.05, 3.63) is 58.6 Å². The van der Waals surface area contributed by atoms with Crippen LogP contribution in [-0.4, -0.2) is 13.0 Å². The van der Waals surface area contributed by atoms with Gasteiger partial charge in [-0.05, 0) is 42.8 Å². The number of anilines is 2. The Labute approximate surface area is 117 Å². The summed E-state index contributed by atoms with van der Waals surface area (Å²) in [7, 11) is 1.71. The molecule has 0 heterocycles. The van der Waals surface area contributed by atoms with E-state index in [-0.39, 0.29) is 5.91 Å². The fourth-order valence-electron chi connectivity index (χ4n) is 1.77. The molecular weight excluding hydrogens is 260 g/mol. The van der Waals surface area contributed by atoms with E-state index in [4.69, 9.17) is 17.3 Å². The maximum Gasteiger partial charge on any atom is 0.258 e. The molecule has 0 saturated carbocycles. The minimum absolute atomic E-state index is 0.118. The summed E-state index contributed by atoms with van der Waals surface area (Å²) in [4.78, 5) is 13.9. The van der Waals surface area contributed by atoms with Gasteiger partial charge in [0.05, 0.1) is 0 Å². The first-order valence-electron chi connectivity index (χ1n) is 5.89. The normalized spacial score (nSPS) is 10.3. The van der Waals surface area contributed by atoms with Gasteiger partial charge in [0.1, 0.15) is 0 Å². The molecule has 0 spiro atoms. The number of hydrogen-bond acceptors (Lipinski definition) is 2. The van der Waals surface area contributed by atoms with Crippen molar-refractivity contribution in [2.24, 2.45) is 0 Å². The highest BCUT2D eigenvalue weighted by Gasteiger charge is 2.14. The molecule has 2 aromatic carbocycles. The summed E-state index contributed by atoms with van der Waals surface area (Å²) in [6, 6.07) is 12.5. The van der Waals surface area contributed by atoms with Crippen LogP contribution in [0.2, 0.25) is 5.02 Å². The van der Waals surface area contributed by atoms with Crippen molar-refractivity contribution in [1.29, 1.82) is 0 Å². The second kappa shape index (κ2) is 5.33. The minimum Gasteiger partial charge on any atom is -0.399 e. The van der Waals surface area contributed by atoms with E-state index >= 15 is 0 Å². The molecular formula is C15H15ClN2O. The molecule has 0 atom stereocenters. The summed E-state index contributed by atoms with van der Waals surface area (Å²) in [6.07, 6.45) is 0. The Kier molecular flexibility index (Phi) is 3.76. The number of nitrogen functional groups attached to an aromatic ring is 1. The van der Waals surface area contributed by atoms with Gasteiger partial charge in [-0.25, -0.2) is 0 Å². The van der Waals surface area contributed by atoms with Gasteiger partial charge >= 0.3 is 0 Å². The highest BCUT2D eigenvalue weighted by atomic mass is 35.5. The molecule has 0 aliphatic rings. The fourth-order valence-corrected chi connectivity index (χ4v) is 1.95. The van der Waals surface area contributed by atoms with Crippen molar-refractivity contribution in [1.82, 2.24) is 0 Å². The van der Waals surface area contributed by atoms with Gasteiger partial charge in [0, 0.05) is 29.0 Å². The molecule has 0 aromatic heterocycles. The van der Waals surface area contributed by atoms with E-state index in [1.807, 2.05) is 25.1 Å².